The van der Waals surface area contributed by atoms with Crippen molar-refractivity contribution >= 4 is 44.0 Å². The molecule has 0 aliphatic rings. The van der Waals surface area contributed by atoms with Crippen molar-refractivity contribution in [2.75, 3.05) is 11.4 Å². The minimum absolute atomic E-state index is 0.325. The normalized spacial score (nSPS) is 11.0. The maximum Gasteiger partial charge on any atom is 0.235 e. The van der Waals surface area contributed by atoms with Gasteiger partial charge < -0.3 is 4.90 Å². The summed E-state index contributed by atoms with van der Waals surface area (Å²) in [6.45, 7) is 4.70. The maximum atomic E-state index is 13.3. The summed E-state index contributed by atoms with van der Waals surface area (Å²) in [6, 6.07) is 8.24. The Morgan fingerprint density at radius 3 is 2.66 bits per heavy atom. The number of thiazole rings is 1. The molecule has 0 atom stereocenters. The van der Waals surface area contributed by atoms with Gasteiger partial charge in [-0.2, -0.15) is 5.26 Å². The second kappa shape index (κ2) is 7.89. The van der Waals surface area contributed by atoms with E-state index in [2.05, 4.69) is 32.0 Å². The van der Waals surface area contributed by atoms with Crippen LogP contribution in [-0.4, -0.2) is 25.9 Å². The molecular weight excluding hydrogens is 455 g/mol. The summed E-state index contributed by atoms with van der Waals surface area (Å²) in [5, 5.41) is 10.3. The topological polar surface area (TPSA) is 70.1 Å². The summed E-state index contributed by atoms with van der Waals surface area (Å²) in [5.74, 6) is 1.16. The van der Waals surface area contributed by atoms with Gasteiger partial charge in [-0.15, -0.1) is 0 Å². The average Bonchev–Trinajstić information content (AvgIpc) is 3.31. The third kappa shape index (κ3) is 3.50. The predicted molar refractivity (Wildman–Crippen MR) is 115 cm³/mol. The van der Waals surface area contributed by atoms with Crippen LogP contribution in [0.15, 0.2) is 41.1 Å². The molecule has 3 aromatic heterocycles. The van der Waals surface area contributed by atoms with E-state index in [1.165, 1.54) is 23.5 Å². The zero-order valence-electron chi connectivity index (χ0n) is 15.7. The second-order valence-electron chi connectivity index (χ2n) is 6.21. The standard InChI is InChI=1S/C20H16BrFN6S/c1-3-15-18(28-11-13(21)10-24-19(28)25-15)27(4-2)20-26-17(16(9-23)29-20)12-5-7-14(22)8-6-12/h5-8,10-11H,3-4H2,1-2H3. The first kappa shape index (κ1) is 19.5. The van der Waals surface area contributed by atoms with Gasteiger partial charge in [0, 0.05) is 24.5 Å². The van der Waals surface area contributed by atoms with Gasteiger partial charge in [0.15, 0.2) is 5.13 Å². The van der Waals surface area contributed by atoms with Crippen LogP contribution >= 0.6 is 27.3 Å². The molecule has 4 rings (SSSR count). The maximum absolute atomic E-state index is 13.3. The molecule has 29 heavy (non-hydrogen) atoms. The highest BCUT2D eigenvalue weighted by atomic mass is 79.9. The highest BCUT2D eigenvalue weighted by Gasteiger charge is 2.23. The largest absolute Gasteiger partial charge is 0.302 e. The molecule has 0 aliphatic heterocycles. The molecule has 146 valence electrons. The first-order valence-corrected chi connectivity index (χ1v) is 10.6. The molecule has 6 nitrogen and oxygen atoms in total. The van der Waals surface area contributed by atoms with Crippen LogP contribution in [0.1, 0.15) is 24.4 Å². The minimum atomic E-state index is -0.325. The van der Waals surface area contributed by atoms with Gasteiger partial charge in [-0.1, -0.05) is 18.3 Å². The van der Waals surface area contributed by atoms with E-state index in [1.54, 1.807) is 18.3 Å². The van der Waals surface area contributed by atoms with Crippen molar-refractivity contribution < 1.29 is 4.39 Å². The minimum Gasteiger partial charge on any atom is -0.302 e. The van der Waals surface area contributed by atoms with Gasteiger partial charge in [0.1, 0.15) is 28.3 Å². The Bertz CT molecular complexity index is 1220. The molecule has 0 fully saturated rings. The van der Waals surface area contributed by atoms with Crippen LogP contribution in [0.5, 0.6) is 0 Å². The number of halogens is 2. The lowest BCUT2D eigenvalue weighted by atomic mass is 10.1. The van der Waals surface area contributed by atoms with Gasteiger partial charge in [-0.05, 0) is 53.5 Å². The van der Waals surface area contributed by atoms with Crippen molar-refractivity contribution in [2.45, 2.75) is 20.3 Å². The average molecular weight is 471 g/mol. The number of hydrogen-bond donors (Lipinski definition) is 0. The molecule has 0 aliphatic carbocycles. The monoisotopic (exact) mass is 470 g/mol. The van der Waals surface area contributed by atoms with Gasteiger partial charge in [0.25, 0.3) is 0 Å². The van der Waals surface area contributed by atoms with Gasteiger partial charge >= 0.3 is 0 Å². The molecule has 1 aromatic carbocycles. The zero-order valence-corrected chi connectivity index (χ0v) is 18.1. The molecular formula is C20H16BrFN6S. The number of aromatic nitrogens is 4. The highest BCUT2D eigenvalue weighted by Crippen LogP contribution is 2.37. The quantitative estimate of drug-likeness (QED) is 0.393. The number of benzene rings is 1. The van der Waals surface area contributed by atoms with E-state index in [-0.39, 0.29) is 5.82 Å². The van der Waals surface area contributed by atoms with E-state index >= 15 is 0 Å². The molecule has 0 amide bonds. The lowest BCUT2D eigenvalue weighted by Crippen LogP contribution is -2.19. The molecule has 4 aromatic rings. The smallest absolute Gasteiger partial charge is 0.235 e. The molecule has 0 unspecified atom stereocenters. The highest BCUT2D eigenvalue weighted by molar-refractivity contribution is 9.10. The van der Waals surface area contributed by atoms with Crippen molar-refractivity contribution in [2.24, 2.45) is 0 Å². The van der Waals surface area contributed by atoms with Crippen LogP contribution in [0.4, 0.5) is 15.3 Å². The molecule has 0 radical (unpaired) electrons. The van der Waals surface area contributed by atoms with Crippen molar-refractivity contribution in [3.05, 3.63) is 57.5 Å². The van der Waals surface area contributed by atoms with Crippen molar-refractivity contribution in [3.8, 4) is 17.3 Å². The van der Waals surface area contributed by atoms with Crippen LogP contribution in [0.25, 0.3) is 17.0 Å². The first-order valence-electron chi connectivity index (χ1n) is 9.02. The van der Waals surface area contributed by atoms with E-state index in [1.807, 2.05) is 29.3 Å². The Morgan fingerprint density at radius 1 is 1.24 bits per heavy atom. The number of anilines is 2. The summed E-state index contributed by atoms with van der Waals surface area (Å²) in [7, 11) is 0. The Labute approximate surface area is 179 Å². The van der Waals surface area contributed by atoms with E-state index in [0.29, 0.717) is 33.6 Å². The van der Waals surface area contributed by atoms with Crippen LogP contribution in [0, 0.1) is 17.1 Å². The molecule has 0 spiro atoms. The van der Waals surface area contributed by atoms with E-state index in [4.69, 9.17) is 4.98 Å². The molecule has 0 saturated heterocycles. The summed E-state index contributed by atoms with van der Waals surface area (Å²) < 4.78 is 16.1. The number of nitrogens with zero attached hydrogens (tertiary/aromatic N) is 6. The number of fused-ring (bicyclic) bond motifs is 1. The van der Waals surface area contributed by atoms with Gasteiger partial charge in [0.05, 0.1) is 10.2 Å². The van der Waals surface area contributed by atoms with E-state index in [0.717, 1.165) is 22.4 Å². The fourth-order valence-corrected chi connectivity index (χ4v) is 4.40. The molecule has 0 saturated carbocycles. The van der Waals surface area contributed by atoms with Crippen LogP contribution in [0.3, 0.4) is 0 Å². The summed E-state index contributed by atoms with van der Waals surface area (Å²) in [5.41, 5.74) is 2.16. The molecule has 0 N–H and O–H groups in total. The fraction of sp³-hybridized carbons (Fsp3) is 0.200. The number of imidazole rings is 1. The predicted octanol–water partition coefficient (Wildman–Crippen LogP) is 5.35. The zero-order chi connectivity index (χ0) is 20.5. The molecule has 9 heteroatoms. The van der Waals surface area contributed by atoms with E-state index in [9.17, 15) is 9.65 Å². The van der Waals surface area contributed by atoms with Crippen LogP contribution in [0.2, 0.25) is 0 Å². The summed E-state index contributed by atoms with van der Waals surface area (Å²) >= 11 is 4.78. The first-order chi connectivity index (χ1) is 14.0. The Balaban J connectivity index is 1.88. The molecule has 0 bridgehead atoms. The van der Waals surface area contributed by atoms with Crippen LogP contribution < -0.4 is 4.90 Å². The SMILES string of the molecule is CCc1nc2ncc(Br)cn2c1N(CC)c1nc(-c2ccc(F)cc2)c(C#N)s1. The van der Waals surface area contributed by atoms with Crippen molar-refractivity contribution in [3.63, 3.8) is 0 Å². The number of nitriles is 1. The fourth-order valence-electron chi connectivity index (χ4n) is 3.15. The number of rotatable bonds is 5. The lowest BCUT2D eigenvalue weighted by molar-refractivity contribution is 0.628. The van der Waals surface area contributed by atoms with Crippen LogP contribution in [-0.2, 0) is 6.42 Å². The van der Waals surface area contributed by atoms with Gasteiger partial charge in [0.2, 0.25) is 5.78 Å². The lowest BCUT2D eigenvalue weighted by Gasteiger charge is -2.20. The third-order valence-corrected chi connectivity index (χ3v) is 5.86. The van der Waals surface area contributed by atoms with Gasteiger partial charge in [-0.25, -0.2) is 19.3 Å². The van der Waals surface area contributed by atoms with E-state index < -0.39 is 0 Å². The Hall–Kier alpha value is -2.83. The Morgan fingerprint density at radius 2 is 2.00 bits per heavy atom. The summed E-state index contributed by atoms with van der Waals surface area (Å²) in [6.07, 6.45) is 4.37. The van der Waals surface area contributed by atoms with Crippen molar-refractivity contribution in [1.82, 2.24) is 19.4 Å². The number of aryl methyl sites for hydroxylation is 1. The van der Waals surface area contributed by atoms with Crippen molar-refractivity contribution in [1.29, 1.82) is 5.26 Å². The number of hydrogen-bond acceptors (Lipinski definition) is 6. The van der Waals surface area contributed by atoms with Gasteiger partial charge in [-0.3, -0.25) is 4.40 Å². The third-order valence-electron chi connectivity index (χ3n) is 4.47. The summed E-state index contributed by atoms with van der Waals surface area (Å²) in [4.78, 5) is 16.3. The second-order valence-corrected chi connectivity index (χ2v) is 8.11. The Kier molecular flexibility index (Phi) is 5.30. The molecule has 3 heterocycles.